The second-order valence-corrected chi connectivity index (χ2v) is 9.58. The number of nitrogens with zero attached hydrogens (tertiary/aromatic N) is 3. The lowest BCUT2D eigenvalue weighted by Gasteiger charge is -2.29. The van der Waals surface area contributed by atoms with Crippen LogP contribution in [0.4, 0.5) is 0 Å². The van der Waals surface area contributed by atoms with Gasteiger partial charge in [0.15, 0.2) is 35.7 Å². The average molecular weight is 556 g/mol. The Kier molecular flexibility index (Phi) is 15.0. The van der Waals surface area contributed by atoms with E-state index in [0.717, 1.165) is 0 Å². The average Bonchev–Trinajstić information content (AvgIpc) is 2.84. The number of pyridine rings is 3. The highest BCUT2D eigenvalue weighted by Crippen LogP contribution is 2.13. The lowest BCUT2D eigenvalue weighted by Crippen LogP contribution is -2.54. The van der Waals surface area contributed by atoms with Crippen LogP contribution in [-0.4, -0.2) is 28.6 Å². The maximum absolute atomic E-state index is 10.1. The zero-order chi connectivity index (χ0) is 31.2. The van der Waals surface area contributed by atoms with Gasteiger partial charge in [-0.15, -0.1) is 0 Å². The van der Waals surface area contributed by atoms with Crippen LogP contribution in [0.1, 0.15) is 46.6 Å². The van der Waals surface area contributed by atoms with Gasteiger partial charge in [0.1, 0.15) is 26.7 Å². The third-order valence-electron chi connectivity index (χ3n) is 6.52. The quantitative estimate of drug-likeness (QED) is 0.362. The first-order chi connectivity index (χ1) is 18.4. The number of aliphatic hydroxyl groups is 1. The molecule has 0 saturated heterocycles. The van der Waals surface area contributed by atoms with Crippen LogP contribution in [0.3, 0.4) is 0 Å². The predicted molar refractivity (Wildman–Crippen MR) is 140 cm³/mol. The summed E-state index contributed by atoms with van der Waals surface area (Å²) >= 11 is 0. The molecule has 0 bridgehead atoms. The molecule has 10 nitrogen and oxygen atoms in total. The van der Waals surface area contributed by atoms with Crippen LogP contribution in [0, 0.1) is 41.5 Å². The Morgan fingerprint density at radius 1 is 0.625 bits per heavy atom. The maximum atomic E-state index is 10.1. The molecule has 0 amide bonds. The Bertz CT molecular complexity index is 1110. The summed E-state index contributed by atoms with van der Waals surface area (Å²) in [7, 11) is 6.17. The molecule has 40 heavy (non-hydrogen) atoms. The van der Waals surface area contributed by atoms with Crippen LogP contribution in [0.25, 0.3) is 0 Å². The molecule has 0 aliphatic rings. The summed E-state index contributed by atoms with van der Waals surface area (Å²) in [6, 6.07) is 12.5. The first-order valence-electron chi connectivity index (χ1n) is 12.5. The van der Waals surface area contributed by atoms with Gasteiger partial charge in [0.25, 0.3) is 0 Å². The third kappa shape index (κ3) is 12.6. The standard InChI is InChI=1S/3C8H12N.C6H8O7/c3*1-7-5-4-6-9(3)8(7)2;7-3(8)1-6(13,5(11)12)2-4(9)10/h3*4-6H,1-3H3;13H,1-2H2,(H,7,8)(H,9,10)(H,11,12)/q3*+1;/p-3. The zero-order valence-electron chi connectivity index (χ0n) is 24.8. The number of carboxylic acid groups (broad SMARTS) is 3. The number of aliphatic carboxylic acids is 3. The molecule has 0 aliphatic heterocycles. The summed E-state index contributed by atoms with van der Waals surface area (Å²) in [6.07, 6.45) is 3.46. The molecule has 0 aliphatic carbocycles. The van der Waals surface area contributed by atoms with Gasteiger partial charge in [0, 0.05) is 80.4 Å². The first-order valence-corrected chi connectivity index (χ1v) is 12.5. The molecule has 0 unspecified atom stereocenters. The summed E-state index contributed by atoms with van der Waals surface area (Å²) < 4.78 is 6.36. The van der Waals surface area contributed by atoms with Crippen molar-refractivity contribution in [1.82, 2.24) is 0 Å². The van der Waals surface area contributed by atoms with E-state index in [4.69, 9.17) is 5.11 Å². The molecule has 10 heteroatoms. The molecule has 3 heterocycles. The number of rotatable bonds is 5. The van der Waals surface area contributed by atoms with Gasteiger partial charge in [-0.3, -0.25) is 0 Å². The molecule has 0 saturated carbocycles. The number of carboxylic acids is 3. The minimum absolute atomic E-state index is 1.33. The maximum Gasteiger partial charge on any atom is 0.180 e. The Hall–Kier alpha value is -4.18. The number of aromatic nitrogens is 3. The lowest BCUT2D eigenvalue weighted by molar-refractivity contribution is -0.678. The topological polar surface area (TPSA) is 152 Å². The smallest absolute Gasteiger partial charge is 0.180 e. The normalized spacial score (nSPS) is 10.1. The van der Waals surface area contributed by atoms with Crippen LogP contribution < -0.4 is 29.0 Å². The van der Waals surface area contributed by atoms with Gasteiger partial charge in [-0.05, 0) is 39.0 Å². The van der Waals surface area contributed by atoms with E-state index in [1.807, 2.05) is 0 Å². The molecule has 0 fully saturated rings. The van der Waals surface area contributed by atoms with E-state index in [0.29, 0.717) is 0 Å². The number of aryl methyl sites for hydroxylation is 6. The monoisotopic (exact) mass is 555 g/mol. The number of carbonyl (C=O) groups excluding carboxylic acids is 3. The highest BCUT2D eigenvalue weighted by atomic mass is 16.4. The van der Waals surface area contributed by atoms with Gasteiger partial charge in [0.2, 0.25) is 0 Å². The van der Waals surface area contributed by atoms with E-state index >= 15 is 0 Å². The predicted octanol–water partition coefficient (Wildman–Crippen LogP) is -1.87. The Morgan fingerprint density at radius 3 is 1.02 bits per heavy atom. The minimum atomic E-state index is -2.97. The van der Waals surface area contributed by atoms with Crippen molar-refractivity contribution in [2.75, 3.05) is 0 Å². The third-order valence-corrected chi connectivity index (χ3v) is 6.52. The first kappa shape index (κ1) is 35.8. The molecule has 3 aromatic rings. The molecule has 0 aromatic carbocycles. The van der Waals surface area contributed by atoms with Gasteiger partial charge < -0.3 is 34.8 Å². The molecule has 3 aromatic heterocycles. The van der Waals surface area contributed by atoms with Gasteiger partial charge in [0.05, 0.1) is 5.97 Å². The largest absolute Gasteiger partial charge is 0.550 e. The number of carbonyl (C=O) groups is 3. The van der Waals surface area contributed by atoms with E-state index < -0.39 is 36.4 Å². The van der Waals surface area contributed by atoms with Gasteiger partial charge in [-0.1, -0.05) is 0 Å². The van der Waals surface area contributed by atoms with Crippen LogP contribution in [0.15, 0.2) is 55.0 Å². The summed E-state index contributed by atoms with van der Waals surface area (Å²) in [5.41, 5.74) is 5.06. The van der Waals surface area contributed by atoms with Crippen molar-refractivity contribution >= 4 is 17.9 Å². The molecule has 0 radical (unpaired) electrons. The van der Waals surface area contributed by atoms with Crippen LogP contribution in [-0.2, 0) is 35.5 Å². The fourth-order valence-electron chi connectivity index (χ4n) is 3.17. The van der Waals surface area contributed by atoms with E-state index in [2.05, 4.69) is 131 Å². The van der Waals surface area contributed by atoms with Crippen molar-refractivity contribution in [3.63, 3.8) is 0 Å². The number of hydrogen-bond donors (Lipinski definition) is 1. The van der Waals surface area contributed by atoms with E-state index in [9.17, 15) is 29.7 Å². The van der Waals surface area contributed by atoms with E-state index in [-0.39, 0.29) is 0 Å². The van der Waals surface area contributed by atoms with E-state index in [1.54, 1.807) is 0 Å². The molecule has 3 rings (SSSR count). The lowest BCUT2D eigenvalue weighted by atomic mass is 9.96. The van der Waals surface area contributed by atoms with Crippen molar-refractivity contribution in [2.45, 2.75) is 60.0 Å². The fourth-order valence-corrected chi connectivity index (χ4v) is 3.17. The molecule has 0 atom stereocenters. The molecule has 218 valence electrons. The zero-order valence-corrected chi connectivity index (χ0v) is 24.8. The molecular formula is C30H41N3O7. The van der Waals surface area contributed by atoms with Gasteiger partial charge >= 0.3 is 0 Å². The Labute approximate surface area is 236 Å². The number of hydrogen-bond acceptors (Lipinski definition) is 7. The van der Waals surface area contributed by atoms with E-state index in [1.165, 1.54) is 33.8 Å². The summed E-state index contributed by atoms with van der Waals surface area (Å²) in [5.74, 6) is -5.98. The fraction of sp³-hybridized carbons (Fsp3) is 0.400. The Balaban J connectivity index is 0.000000513. The van der Waals surface area contributed by atoms with Crippen molar-refractivity contribution in [2.24, 2.45) is 21.1 Å². The Morgan fingerprint density at radius 2 is 0.875 bits per heavy atom. The minimum Gasteiger partial charge on any atom is -0.550 e. The SMILES string of the molecule is Cc1ccc[n+](C)c1C.Cc1ccc[n+](C)c1C.Cc1ccc[n+](C)c1C.O=C([O-])CC(O)(CC(=O)[O-])C(=O)[O-]. The summed E-state index contributed by atoms with van der Waals surface area (Å²) in [4.78, 5) is 30.0. The highest BCUT2D eigenvalue weighted by molar-refractivity contribution is 5.86. The van der Waals surface area contributed by atoms with Gasteiger partial charge in [-0.25, -0.2) is 13.7 Å². The second kappa shape index (κ2) is 16.7. The van der Waals surface area contributed by atoms with Crippen molar-refractivity contribution in [3.05, 3.63) is 88.8 Å². The summed E-state index contributed by atoms with van der Waals surface area (Å²) in [6.45, 7) is 12.7. The molecular weight excluding hydrogens is 514 g/mol. The highest BCUT2D eigenvalue weighted by Gasteiger charge is 2.29. The second-order valence-electron chi connectivity index (χ2n) is 9.58. The molecule has 1 N–H and O–H groups in total. The van der Waals surface area contributed by atoms with Crippen LogP contribution in [0.2, 0.25) is 0 Å². The van der Waals surface area contributed by atoms with Gasteiger partial charge in [-0.2, -0.15) is 0 Å². The summed E-state index contributed by atoms with van der Waals surface area (Å²) in [5, 5.41) is 38.9. The van der Waals surface area contributed by atoms with Crippen molar-refractivity contribution in [1.29, 1.82) is 0 Å². The van der Waals surface area contributed by atoms with Crippen LogP contribution in [0.5, 0.6) is 0 Å². The van der Waals surface area contributed by atoms with Crippen molar-refractivity contribution in [3.8, 4) is 0 Å². The van der Waals surface area contributed by atoms with Crippen LogP contribution >= 0.6 is 0 Å². The molecule has 0 spiro atoms. The van der Waals surface area contributed by atoms with Crippen molar-refractivity contribution < 1.29 is 48.5 Å².